The Hall–Kier alpha value is -3.34. The van der Waals surface area contributed by atoms with Crippen molar-refractivity contribution in [3.63, 3.8) is 0 Å². The Morgan fingerprint density at radius 1 is 1.03 bits per heavy atom. The standard InChI is InChI=1S/C34H37FO4/c1-20-31(32(36)37)34(20)15-13-22-8-9-24(18-29(22)34)39-19-21-7-11-25(27-17-23(38-4)10-12-30(27)35)26(16-21)28-6-5-14-33(28,2)3/h7-12,16-18,20,28,31H,5-6,13-15,19H2,1-4H3,(H,36,37)/t20-,28-,31-,34+/m1/s1. The summed E-state index contributed by atoms with van der Waals surface area (Å²) in [6.45, 7) is 7.07. The fourth-order valence-electron chi connectivity index (χ4n) is 7.78. The van der Waals surface area contributed by atoms with E-state index in [1.807, 2.05) is 18.2 Å². The van der Waals surface area contributed by atoms with Gasteiger partial charge in [-0.25, -0.2) is 4.39 Å². The molecule has 2 saturated carbocycles. The second kappa shape index (κ2) is 9.39. The molecule has 0 saturated heterocycles. The maximum atomic E-state index is 15.1. The first kappa shape index (κ1) is 25.9. The van der Waals surface area contributed by atoms with E-state index in [0.29, 0.717) is 23.8 Å². The molecule has 3 aromatic carbocycles. The quantitative estimate of drug-likeness (QED) is 0.339. The summed E-state index contributed by atoms with van der Waals surface area (Å²) in [6, 6.07) is 17.3. The van der Waals surface area contributed by atoms with Gasteiger partial charge in [0.1, 0.15) is 23.9 Å². The first-order chi connectivity index (χ1) is 18.7. The molecule has 5 heteroatoms. The highest BCUT2D eigenvalue weighted by atomic mass is 19.1. The number of methoxy groups -OCH3 is 1. The van der Waals surface area contributed by atoms with Gasteiger partial charge in [0, 0.05) is 11.0 Å². The molecule has 39 heavy (non-hydrogen) atoms. The lowest BCUT2D eigenvalue weighted by atomic mass is 9.75. The number of aryl methyl sites for hydroxylation is 1. The lowest BCUT2D eigenvalue weighted by Crippen LogP contribution is -2.17. The average Bonchev–Trinajstić information content (AvgIpc) is 3.15. The van der Waals surface area contributed by atoms with Crippen LogP contribution in [0.15, 0.2) is 54.6 Å². The van der Waals surface area contributed by atoms with E-state index in [-0.39, 0.29) is 28.5 Å². The molecular formula is C34H37FO4. The third-order valence-electron chi connectivity index (χ3n) is 10.0. The molecule has 4 atom stereocenters. The first-order valence-electron chi connectivity index (χ1n) is 14.1. The van der Waals surface area contributed by atoms with E-state index in [9.17, 15) is 9.90 Å². The summed E-state index contributed by atoms with van der Waals surface area (Å²) in [7, 11) is 1.60. The fourth-order valence-corrected chi connectivity index (χ4v) is 7.78. The Morgan fingerprint density at radius 2 is 1.82 bits per heavy atom. The van der Waals surface area contributed by atoms with Gasteiger partial charge in [-0.2, -0.15) is 0 Å². The maximum absolute atomic E-state index is 15.1. The van der Waals surface area contributed by atoms with Gasteiger partial charge in [0.25, 0.3) is 0 Å². The summed E-state index contributed by atoms with van der Waals surface area (Å²) >= 11 is 0. The van der Waals surface area contributed by atoms with Gasteiger partial charge >= 0.3 is 5.97 Å². The third kappa shape index (κ3) is 4.21. The van der Waals surface area contributed by atoms with Crippen LogP contribution in [0.2, 0.25) is 0 Å². The van der Waals surface area contributed by atoms with Gasteiger partial charge in [-0.05, 0) is 101 Å². The number of carboxylic acid groups (broad SMARTS) is 1. The van der Waals surface area contributed by atoms with Crippen LogP contribution in [-0.2, 0) is 23.2 Å². The van der Waals surface area contributed by atoms with Gasteiger partial charge in [-0.1, -0.05) is 51.5 Å². The molecule has 0 amide bonds. The van der Waals surface area contributed by atoms with Crippen molar-refractivity contribution in [1.82, 2.24) is 0 Å². The molecule has 1 spiro atoms. The van der Waals surface area contributed by atoms with Gasteiger partial charge in [0.05, 0.1) is 13.0 Å². The number of carboxylic acids is 1. The Labute approximate surface area is 230 Å². The van der Waals surface area contributed by atoms with E-state index < -0.39 is 5.97 Å². The van der Waals surface area contributed by atoms with Crippen molar-refractivity contribution in [2.24, 2.45) is 17.3 Å². The molecule has 0 aromatic heterocycles. The predicted octanol–water partition coefficient (Wildman–Crippen LogP) is 7.91. The number of aliphatic carboxylic acids is 1. The van der Waals surface area contributed by atoms with E-state index >= 15 is 4.39 Å². The monoisotopic (exact) mass is 528 g/mol. The number of ether oxygens (including phenoxy) is 2. The molecule has 0 unspecified atom stereocenters. The van der Waals surface area contributed by atoms with Crippen molar-refractivity contribution in [1.29, 1.82) is 0 Å². The Bertz CT molecular complexity index is 1440. The maximum Gasteiger partial charge on any atom is 0.307 e. The lowest BCUT2D eigenvalue weighted by molar-refractivity contribution is -0.139. The molecule has 0 aliphatic heterocycles. The zero-order chi connectivity index (χ0) is 27.5. The Balaban J connectivity index is 1.31. The highest BCUT2D eigenvalue weighted by Crippen LogP contribution is 2.66. The number of hydrogen-bond donors (Lipinski definition) is 1. The van der Waals surface area contributed by atoms with E-state index in [0.717, 1.165) is 60.1 Å². The van der Waals surface area contributed by atoms with Crippen LogP contribution < -0.4 is 9.47 Å². The molecule has 0 radical (unpaired) electrons. The minimum Gasteiger partial charge on any atom is -0.497 e. The number of halogens is 1. The van der Waals surface area contributed by atoms with Crippen LogP contribution in [0.4, 0.5) is 4.39 Å². The lowest BCUT2D eigenvalue weighted by Gasteiger charge is -2.30. The number of carbonyl (C=O) groups is 1. The minimum atomic E-state index is -0.698. The number of fused-ring (bicyclic) bond motifs is 2. The number of benzene rings is 3. The minimum absolute atomic E-state index is 0.125. The highest BCUT2D eigenvalue weighted by Gasteiger charge is 2.68. The van der Waals surface area contributed by atoms with Crippen molar-refractivity contribution in [2.45, 2.75) is 70.8 Å². The van der Waals surface area contributed by atoms with Gasteiger partial charge in [0.2, 0.25) is 0 Å². The molecule has 3 aliphatic rings. The summed E-state index contributed by atoms with van der Waals surface area (Å²) in [5.41, 5.74) is 5.95. The second-order valence-corrected chi connectivity index (χ2v) is 12.5. The largest absolute Gasteiger partial charge is 0.497 e. The van der Waals surface area contributed by atoms with Crippen molar-refractivity contribution in [2.75, 3.05) is 7.11 Å². The predicted molar refractivity (Wildman–Crippen MR) is 150 cm³/mol. The zero-order valence-corrected chi connectivity index (χ0v) is 23.2. The van der Waals surface area contributed by atoms with Crippen molar-refractivity contribution in [3.8, 4) is 22.6 Å². The second-order valence-electron chi connectivity index (χ2n) is 12.5. The molecule has 204 valence electrons. The van der Waals surface area contributed by atoms with Crippen molar-refractivity contribution in [3.05, 3.63) is 82.7 Å². The molecule has 6 rings (SSSR count). The van der Waals surface area contributed by atoms with Crippen LogP contribution in [-0.4, -0.2) is 18.2 Å². The molecule has 0 bridgehead atoms. The van der Waals surface area contributed by atoms with Crippen LogP contribution >= 0.6 is 0 Å². The highest BCUT2D eigenvalue weighted by molar-refractivity contribution is 5.79. The zero-order valence-electron chi connectivity index (χ0n) is 23.2. The molecule has 3 aromatic rings. The third-order valence-corrected chi connectivity index (χ3v) is 10.0. The van der Waals surface area contributed by atoms with E-state index in [1.165, 1.54) is 11.6 Å². The Morgan fingerprint density at radius 3 is 2.51 bits per heavy atom. The summed E-state index contributed by atoms with van der Waals surface area (Å²) in [5.74, 6) is 0.616. The number of hydrogen-bond acceptors (Lipinski definition) is 3. The summed E-state index contributed by atoms with van der Waals surface area (Å²) in [6.07, 6.45) is 5.20. The molecule has 4 nitrogen and oxygen atoms in total. The first-order valence-corrected chi connectivity index (χ1v) is 14.1. The average molecular weight is 529 g/mol. The van der Waals surface area contributed by atoms with Gasteiger partial charge in [0.15, 0.2) is 0 Å². The molecule has 2 fully saturated rings. The van der Waals surface area contributed by atoms with E-state index in [4.69, 9.17) is 9.47 Å². The van der Waals surface area contributed by atoms with Crippen LogP contribution in [0.3, 0.4) is 0 Å². The van der Waals surface area contributed by atoms with Crippen molar-refractivity contribution >= 4 is 5.97 Å². The summed E-state index contributed by atoms with van der Waals surface area (Å²) in [5, 5.41) is 9.74. The molecule has 0 heterocycles. The SMILES string of the molecule is COc1ccc(F)c(-c2ccc(COc3ccc4c(c3)[C@]3(CC4)[C@H](C)[C@@H]3C(=O)O)cc2[C@H]2CCCC2(C)C)c1. The van der Waals surface area contributed by atoms with Gasteiger partial charge in [-0.3, -0.25) is 4.79 Å². The van der Waals surface area contributed by atoms with Crippen LogP contribution in [0.25, 0.3) is 11.1 Å². The fraction of sp³-hybridized carbons (Fsp3) is 0.441. The van der Waals surface area contributed by atoms with E-state index in [2.05, 4.69) is 39.0 Å². The van der Waals surface area contributed by atoms with Crippen LogP contribution in [0, 0.1) is 23.1 Å². The smallest absolute Gasteiger partial charge is 0.307 e. The number of rotatable bonds is 7. The Kier molecular flexibility index (Phi) is 6.24. The normalized spacial score (nSPS) is 26.4. The van der Waals surface area contributed by atoms with Gasteiger partial charge < -0.3 is 14.6 Å². The van der Waals surface area contributed by atoms with Crippen LogP contribution in [0.5, 0.6) is 11.5 Å². The topological polar surface area (TPSA) is 55.8 Å². The van der Waals surface area contributed by atoms with E-state index in [1.54, 1.807) is 19.2 Å². The van der Waals surface area contributed by atoms with Crippen LogP contribution in [0.1, 0.15) is 74.6 Å². The molecule has 3 aliphatic carbocycles. The van der Waals surface area contributed by atoms with Gasteiger partial charge in [-0.15, -0.1) is 0 Å². The molecular weight excluding hydrogens is 491 g/mol. The summed E-state index contributed by atoms with van der Waals surface area (Å²) < 4.78 is 26.8. The van der Waals surface area contributed by atoms with Crippen molar-refractivity contribution < 1.29 is 23.8 Å². The summed E-state index contributed by atoms with van der Waals surface area (Å²) in [4.78, 5) is 11.9. The molecule has 1 N–H and O–H groups in total.